The molecule has 0 fully saturated rings. The van der Waals surface area contributed by atoms with E-state index in [2.05, 4.69) is 200 Å². The van der Waals surface area contributed by atoms with Crippen molar-refractivity contribution in [3.63, 3.8) is 0 Å². The molecule has 0 aliphatic rings. The van der Waals surface area contributed by atoms with Gasteiger partial charge in [-0.1, -0.05) is 188 Å². The van der Waals surface area contributed by atoms with Crippen molar-refractivity contribution in [2.45, 2.75) is 0 Å². The van der Waals surface area contributed by atoms with E-state index in [4.69, 9.17) is 4.42 Å². The summed E-state index contributed by atoms with van der Waals surface area (Å²) < 4.78 is 6.46. The van der Waals surface area contributed by atoms with Crippen molar-refractivity contribution < 1.29 is 4.42 Å². The Hall–Kier alpha value is -7.48. The summed E-state index contributed by atoms with van der Waals surface area (Å²) in [7, 11) is 0. The molecule has 0 atom stereocenters. The number of furan rings is 1. The van der Waals surface area contributed by atoms with Gasteiger partial charge in [0, 0.05) is 10.8 Å². The Morgan fingerprint density at radius 2 is 0.684 bits per heavy atom. The van der Waals surface area contributed by atoms with Crippen molar-refractivity contribution in [2.24, 2.45) is 0 Å². The Balaban J connectivity index is 1.21. The van der Waals surface area contributed by atoms with Gasteiger partial charge in [-0.3, -0.25) is 0 Å². The number of fused-ring (bicyclic) bond motifs is 11. The largest absolute Gasteiger partial charge is 0.456 e. The van der Waals surface area contributed by atoms with Crippen molar-refractivity contribution >= 4 is 75.8 Å². The molecule has 0 saturated carbocycles. The Labute approximate surface area is 329 Å². The van der Waals surface area contributed by atoms with E-state index in [1.807, 2.05) is 6.07 Å². The smallest absolute Gasteiger partial charge is 0.136 e. The van der Waals surface area contributed by atoms with Gasteiger partial charge in [-0.15, -0.1) is 0 Å². The molecule has 12 rings (SSSR count). The Morgan fingerprint density at radius 3 is 1.33 bits per heavy atom. The van der Waals surface area contributed by atoms with E-state index in [0.29, 0.717) is 0 Å². The number of hydrogen-bond donors (Lipinski definition) is 0. The molecule has 264 valence electrons. The average Bonchev–Trinajstić information content (AvgIpc) is 3.67. The summed E-state index contributed by atoms with van der Waals surface area (Å²) in [5.74, 6) is 0. The van der Waals surface area contributed by atoms with Gasteiger partial charge in [-0.05, 0) is 117 Å². The summed E-state index contributed by atoms with van der Waals surface area (Å²) in [4.78, 5) is 0. The molecule has 12 aromatic rings. The third-order valence-corrected chi connectivity index (χ3v) is 12.1. The van der Waals surface area contributed by atoms with Crippen LogP contribution in [0, 0.1) is 0 Å². The molecule has 0 aliphatic carbocycles. The first-order valence-electron chi connectivity index (χ1n) is 19.7. The second-order valence-electron chi connectivity index (χ2n) is 15.1. The van der Waals surface area contributed by atoms with Gasteiger partial charge >= 0.3 is 0 Å². The van der Waals surface area contributed by atoms with Crippen LogP contribution in [0.4, 0.5) is 0 Å². The fraction of sp³-hybridized carbons (Fsp3) is 0. The maximum Gasteiger partial charge on any atom is 0.136 e. The van der Waals surface area contributed by atoms with E-state index in [1.165, 1.54) is 92.8 Å². The molecule has 1 nitrogen and oxygen atoms in total. The molecule has 0 radical (unpaired) electrons. The molecule has 0 saturated heterocycles. The highest BCUT2D eigenvalue weighted by molar-refractivity contribution is 6.28. The molecule has 1 heteroatoms. The van der Waals surface area contributed by atoms with E-state index >= 15 is 0 Å². The topological polar surface area (TPSA) is 13.1 Å². The van der Waals surface area contributed by atoms with Crippen LogP contribution in [0.15, 0.2) is 211 Å². The predicted molar refractivity (Wildman–Crippen MR) is 243 cm³/mol. The normalized spacial score (nSPS) is 11.9. The van der Waals surface area contributed by atoms with Gasteiger partial charge in [0.05, 0.1) is 0 Å². The maximum absolute atomic E-state index is 6.46. The number of para-hydroxylation sites is 1. The average molecular weight is 723 g/mol. The van der Waals surface area contributed by atoms with Crippen LogP contribution >= 0.6 is 0 Å². The lowest BCUT2D eigenvalue weighted by Gasteiger charge is -2.23. The molecular formula is C56H34O. The van der Waals surface area contributed by atoms with Crippen LogP contribution in [0.1, 0.15) is 0 Å². The molecule has 0 amide bonds. The third kappa shape index (κ3) is 4.76. The summed E-state index contributed by atoms with van der Waals surface area (Å²) in [6.07, 6.45) is 0. The molecule has 0 unspecified atom stereocenters. The Morgan fingerprint density at radius 1 is 0.228 bits per heavy atom. The van der Waals surface area contributed by atoms with Gasteiger partial charge in [-0.25, -0.2) is 0 Å². The van der Waals surface area contributed by atoms with Crippen molar-refractivity contribution in [3.05, 3.63) is 206 Å². The van der Waals surface area contributed by atoms with Gasteiger partial charge in [0.15, 0.2) is 0 Å². The van der Waals surface area contributed by atoms with Crippen LogP contribution in [-0.4, -0.2) is 0 Å². The lowest BCUT2D eigenvalue weighted by molar-refractivity contribution is 0.669. The highest BCUT2D eigenvalue weighted by Crippen LogP contribution is 2.51. The monoisotopic (exact) mass is 722 g/mol. The van der Waals surface area contributed by atoms with Crippen LogP contribution in [0.3, 0.4) is 0 Å². The summed E-state index contributed by atoms with van der Waals surface area (Å²) in [5.41, 5.74) is 11.5. The van der Waals surface area contributed by atoms with Crippen molar-refractivity contribution in [1.82, 2.24) is 0 Å². The van der Waals surface area contributed by atoms with Gasteiger partial charge < -0.3 is 4.42 Å². The van der Waals surface area contributed by atoms with Gasteiger partial charge in [0.1, 0.15) is 11.2 Å². The SMILES string of the molecule is c1ccc(-c2cccc(-c3cccc4oc5ccccc5c34)c2-c2c3ccccc3c(-c3ccc4c5ccccc5c5ccccc5c4c3)c3ccccc23)cc1. The molecule has 57 heavy (non-hydrogen) atoms. The third-order valence-electron chi connectivity index (χ3n) is 12.1. The lowest BCUT2D eigenvalue weighted by Crippen LogP contribution is -1.95. The van der Waals surface area contributed by atoms with Crippen LogP contribution in [0.2, 0.25) is 0 Å². The van der Waals surface area contributed by atoms with Gasteiger partial charge in [-0.2, -0.15) is 0 Å². The minimum absolute atomic E-state index is 0.895. The standard InChI is InChI=1S/C56H34O/c1-2-16-35(17-3-1)37-27-14-28-48(45-29-15-31-52-54(45)49-26-12-13-30-51(49)57-52)55(37)56-46-24-10-8-22-43(46)53(44-23-9-11-25-47(44)56)36-32-33-42-40-20-5-4-18-38(40)39-19-6-7-21-41(39)50(42)34-36/h1-34H. The Bertz CT molecular complexity index is 3480. The zero-order valence-corrected chi connectivity index (χ0v) is 31.0. The van der Waals surface area contributed by atoms with Crippen molar-refractivity contribution in [1.29, 1.82) is 0 Å². The van der Waals surface area contributed by atoms with Crippen LogP contribution in [-0.2, 0) is 0 Å². The molecule has 0 N–H and O–H groups in total. The summed E-state index contributed by atoms with van der Waals surface area (Å²) in [6.45, 7) is 0. The minimum atomic E-state index is 0.895. The number of rotatable bonds is 4. The molecule has 11 aromatic carbocycles. The van der Waals surface area contributed by atoms with Crippen molar-refractivity contribution in [2.75, 3.05) is 0 Å². The van der Waals surface area contributed by atoms with Gasteiger partial charge in [0.2, 0.25) is 0 Å². The van der Waals surface area contributed by atoms with Crippen LogP contribution in [0.25, 0.3) is 120 Å². The fourth-order valence-corrected chi connectivity index (χ4v) is 9.68. The van der Waals surface area contributed by atoms with Crippen LogP contribution in [0.5, 0.6) is 0 Å². The zero-order chi connectivity index (χ0) is 37.5. The summed E-state index contributed by atoms with van der Waals surface area (Å²) >= 11 is 0. The van der Waals surface area contributed by atoms with E-state index < -0.39 is 0 Å². The molecule has 0 aliphatic heterocycles. The molecule has 1 aromatic heterocycles. The molecule has 1 heterocycles. The zero-order valence-electron chi connectivity index (χ0n) is 31.0. The maximum atomic E-state index is 6.46. The van der Waals surface area contributed by atoms with Crippen molar-refractivity contribution in [3.8, 4) is 44.5 Å². The quantitative estimate of drug-likeness (QED) is 0.130. The fourth-order valence-electron chi connectivity index (χ4n) is 9.68. The predicted octanol–water partition coefficient (Wildman–Crippen LogP) is 16.0. The second-order valence-corrected chi connectivity index (χ2v) is 15.1. The van der Waals surface area contributed by atoms with Gasteiger partial charge in [0.25, 0.3) is 0 Å². The first-order chi connectivity index (χ1) is 28.3. The summed E-state index contributed by atoms with van der Waals surface area (Å²) in [6, 6.07) is 75.4. The van der Waals surface area contributed by atoms with E-state index in [0.717, 1.165) is 27.5 Å². The molecule has 0 spiro atoms. The van der Waals surface area contributed by atoms with E-state index in [9.17, 15) is 0 Å². The molecule has 0 bridgehead atoms. The highest BCUT2D eigenvalue weighted by atomic mass is 16.3. The first-order valence-corrected chi connectivity index (χ1v) is 19.7. The number of benzene rings is 11. The van der Waals surface area contributed by atoms with Crippen LogP contribution < -0.4 is 0 Å². The van der Waals surface area contributed by atoms with E-state index in [-0.39, 0.29) is 0 Å². The summed E-state index contributed by atoms with van der Waals surface area (Å²) in [5, 5.41) is 14.9. The lowest BCUT2D eigenvalue weighted by atomic mass is 9.80. The first kappa shape index (κ1) is 31.8. The second kappa shape index (κ2) is 12.5. The highest BCUT2D eigenvalue weighted by Gasteiger charge is 2.24. The Kier molecular flexibility index (Phi) is 7.00. The minimum Gasteiger partial charge on any atom is -0.456 e. The molecular weight excluding hydrogens is 689 g/mol. The van der Waals surface area contributed by atoms with E-state index in [1.54, 1.807) is 0 Å². The number of hydrogen-bond acceptors (Lipinski definition) is 1.